The first-order valence-electron chi connectivity index (χ1n) is 22.2. The van der Waals surface area contributed by atoms with Crippen LogP contribution in [0.3, 0.4) is 0 Å². The molecular weight excluding hydrogens is 784 g/mol. The van der Waals surface area contributed by atoms with E-state index in [1.54, 1.807) is 26.1 Å². The number of amides is 3. The molecule has 1 aliphatic heterocycles. The van der Waals surface area contributed by atoms with E-state index < -0.39 is 11.8 Å². The number of carbonyl (C=O) groups is 3. The molecule has 2 heterocycles. The molecule has 61 heavy (non-hydrogen) atoms. The van der Waals surface area contributed by atoms with Crippen molar-refractivity contribution in [1.82, 2.24) is 20.1 Å². The van der Waals surface area contributed by atoms with E-state index >= 15 is 0 Å². The van der Waals surface area contributed by atoms with E-state index in [2.05, 4.69) is 71.7 Å². The molecule has 0 radical (unpaired) electrons. The molecule has 5 rings (SSSR count). The fourth-order valence-electron chi connectivity index (χ4n) is 7.47. The van der Waals surface area contributed by atoms with Gasteiger partial charge >= 0.3 is 0 Å². The van der Waals surface area contributed by atoms with E-state index in [9.17, 15) is 14.4 Å². The van der Waals surface area contributed by atoms with Crippen molar-refractivity contribution in [3.63, 3.8) is 0 Å². The van der Waals surface area contributed by atoms with Gasteiger partial charge in [-0.1, -0.05) is 110 Å². The van der Waals surface area contributed by atoms with Gasteiger partial charge in [0.1, 0.15) is 11.4 Å². The Morgan fingerprint density at radius 1 is 1.03 bits per heavy atom. The minimum atomic E-state index is -0.491. The molecule has 2 aromatic carbocycles. The summed E-state index contributed by atoms with van der Waals surface area (Å²) in [6, 6.07) is 13.6. The van der Waals surface area contributed by atoms with Gasteiger partial charge in [0.25, 0.3) is 11.8 Å². The zero-order chi connectivity index (χ0) is 45.6. The summed E-state index contributed by atoms with van der Waals surface area (Å²) in [6.45, 7) is 23.9. The van der Waals surface area contributed by atoms with E-state index in [-0.39, 0.29) is 22.9 Å². The van der Waals surface area contributed by atoms with E-state index in [4.69, 9.17) is 27.1 Å². The van der Waals surface area contributed by atoms with Crippen LogP contribution in [0.5, 0.6) is 5.88 Å². The lowest BCUT2D eigenvalue weighted by atomic mass is 9.84. The topological polar surface area (TPSA) is 130 Å². The maximum atomic E-state index is 13.1. The van der Waals surface area contributed by atoms with Crippen molar-refractivity contribution in [2.24, 2.45) is 17.6 Å². The van der Waals surface area contributed by atoms with E-state index in [0.717, 1.165) is 85.4 Å². The number of pyridine rings is 1. The first-order valence-corrected chi connectivity index (χ1v) is 22.6. The number of aryl methyl sites for hydroxylation is 1. The molecule has 1 aromatic heterocycles. The molecule has 0 saturated heterocycles. The number of anilines is 1. The highest BCUT2D eigenvalue weighted by Crippen LogP contribution is 2.43. The van der Waals surface area contributed by atoms with Crippen molar-refractivity contribution in [1.29, 1.82) is 0 Å². The van der Waals surface area contributed by atoms with Crippen molar-refractivity contribution in [2.75, 3.05) is 33.1 Å². The maximum Gasteiger partial charge on any atom is 0.266 e. The summed E-state index contributed by atoms with van der Waals surface area (Å²) in [4.78, 5) is 45.8. The highest BCUT2D eigenvalue weighted by Gasteiger charge is 2.31. The van der Waals surface area contributed by atoms with Gasteiger partial charge in [-0.2, -0.15) is 0 Å². The molecule has 0 bridgehead atoms. The van der Waals surface area contributed by atoms with Crippen LogP contribution in [-0.4, -0.2) is 65.8 Å². The Bertz CT molecular complexity index is 2020. The first-order chi connectivity index (χ1) is 29.0. The number of nitrogens with two attached hydrogens (primary N) is 1. The SMILES string of the molecule is C=C1N(C)C=C(C(=O)Nc2cccc(-c3cccc(-c4cc5c(c(OC)n4)[C@H](C)CC5)c3Cl)c2C)C(=O)N1C.CCC(C)C(=O)NC(CC)(CC)CC[C@H](C)CC.CCCN. The molecule has 11 heteroatoms. The van der Waals surface area contributed by atoms with Gasteiger partial charge in [0.2, 0.25) is 11.8 Å². The Morgan fingerprint density at radius 2 is 1.66 bits per heavy atom. The molecule has 0 saturated carbocycles. The number of nitrogens with one attached hydrogen (secondary N) is 2. The Kier molecular flexibility index (Phi) is 19.5. The fourth-order valence-corrected chi connectivity index (χ4v) is 7.79. The smallest absolute Gasteiger partial charge is 0.266 e. The van der Waals surface area contributed by atoms with Crippen molar-refractivity contribution >= 4 is 35.0 Å². The molecule has 4 N–H and O–H groups in total. The predicted octanol–water partition coefficient (Wildman–Crippen LogP) is 11.0. The van der Waals surface area contributed by atoms with Crippen LogP contribution in [-0.2, 0) is 20.8 Å². The molecular formula is C50H73ClN6O4. The summed E-state index contributed by atoms with van der Waals surface area (Å²) in [6.07, 6.45) is 11.2. The van der Waals surface area contributed by atoms with Gasteiger partial charge in [-0.05, 0) is 105 Å². The standard InChI is InChI=1S/C31H31ClN4O3.C16H33NO.C3H9N/c1-17-13-14-20-15-26(34-30(39-6)27(17)20)23-11-7-10-22(28(23)32)21-9-8-12-25(18(21)2)33-29(37)24-16-35(4)19(3)36(5)31(24)38;1-7-13(5)11-12-16(9-3,10-4)17-15(18)14(6)8-2;1-2-3-4/h7-12,15-17H,3,13-14H2,1-2,4-6H3,(H,33,37);13-14H,7-12H2,1-6H3,(H,17,18);2-4H2,1H3/t17-;13-,14?;/m11./s1. The van der Waals surface area contributed by atoms with Crippen LogP contribution in [0.1, 0.15) is 129 Å². The van der Waals surface area contributed by atoms with Crippen molar-refractivity contribution in [2.45, 2.75) is 132 Å². The molecule has 10 nitrogen and oxygen atoms in total. The third-order valence-corrected chi connectivity index (χ3v) is 13.0. The number of halogens is 1. The molecule has 3 amide bonds. The van der Waals surface area contributed by atoms with E-state index in [0.29, 0.717) is 28.3 Å². The second-order valence-electron chi connectivity index (χ2n) is 16.7. The van der Waals surface area contributed by atoms with Crippen LogP contribution in [0.4, 0.5) is 5.69 Å². The van der Waals surface area contributed by atoms with Crippen LogP contribution in [0, 0.1) is 18.8 Å². The first kappa shape index (κ1) is 50.7. The van der Waals surface area contributed by atoms with Crippen LogP contribution in [0.2, 0.25) is 5.02 Å². The number of hydrogen-bond acceptors (Lipinski definition) is 7. The van der Waals surface area contributed by atoms with Gasteiger partial charge in [-0.25, -0.2) is 4.98 Å². The number of rotatable bonds is 15. The third-order valence-electron chi connectivity index (χ3n) is 12.6. The summed E-state index contributed by atoms with van der Waals surface area (Å²) < 4.78 is 5.66. The summed E-state index contributed by atoms with van der Waals surface area (Å²) in [5, 5.41) is 6.79. The van der Waals surface area contributed by atoms with Gasteiger partial charge in [0, 0.05) is 54.1 Å². The predicted molar refractivity (Wildman–Crippen MR) is 253 cm³/mol. The van der Waals surface area contributed by atoms with Crippen molar-refractivity contribution in [3.05, 3.63) is 88.4 Å². The molecule has 2 aliphatic rings. The molecule has 3 atom stereocenters. The molecule has 0 spiro atoms. The van der Waals surface area contributed by atoms with Gasteiger partial charge in [-0.3, -0.25) is 19.3 Å². The van der Waals surface area contributed by atoms with Gasteiger partial charge in [0.15, 0.2) is 0 Å². The molecule has 3 aromatic rings. The Balaban J connectivity index is 0.000000378. The summed E-state index contributed by atoms with van der Waals surface area (Å²) >= 11 is 7.03. The fraction of sp³-hybridized carbons (Fsp3) is 0.520. The lowest BCUT2D eigenvalue weighted by Gasteiger charge is -2.35. The Labute approximate surface area is 371 Å². The van der Waals surface area contributed by atoms with Crippen molar-refractivity contribution < 1.29 is 19.1 Å². The number of benzene rings is 2. The highest BCUT2D eigenvalue weighted by atomic mass is 35.5. The minimum absolute atomic E-state index is 0.0178. The van der Waals surface area contributed by atoms with Gasteiger partial charge < -0.3 is 26.0 Å². The lowest BCUT2D eigenvalue weighted by molar-refractivity contribution is -0.129. The Morgan fingerprint density at radius 3 is 2.25 bits per heavy atom. The monoisotopic (exact) mass is 857 g/mol. The number of ether oxygens (including phenoxy) is 1. The third kappa shape index (κ3) is 12.5. The quantitative estimate of drug-likeness (QED) is 0.130. The normalized spacial score (nSPS) is 15.7. The largest absolute Gasteiger partial charge is 0.481 e. The molecule has 334 valence electrons. The molecule has 0 fully saturated rings. The van der Waals surface area contributed by atoms with Gasteiger partial charge in [0.05, 0.1) is 17.8 Å². The number of methoxy groups -OCH3 is 1. The number of aromatic nitrogens is 1. The minimum Gasteiger partial charge on any atom is -0.481 e. The maximum absolute atomic E-state index is 13.1. The second kappa shape index (κ2) is 23.5. The lowest BCUT2D eigenvalue weighted by Crippen LogP contribution is -2.49. The van der Waals surface area contributed by atoms with E-state index in [1.165, 1.54) is 35.1 Å². The van der Waals surface area contributed by atoms with Crippen LogP contribution in [0.15, 0.2) is 66.6 Å². The number of carbonyl (C=O) groups excluding carboxylic acids is 3. The molecule has 1 unspecified atom stereocenters. The zero-order valence-corrected chi connectivity index (χ0v) is 39.8. The Hall–Kier alpha value is -4.67. The molecule has 1 aliphatic carbocycles. The van der Waals surface area contributed by atoms with Crippen LogP contribution < -0.4 is 21.1 Å². The van der Waals surface area contributed by atoms with Gasteiger partial charge in [-0.15, -0.1) is 0 Å². The zero-order valence-electron chi connectivity index (χ0n) is 39.1. The average Bonchev–Trinajstić information content (AvgIpc) is 3.65. The number of hydrogen-bond donors (Lipinski definition) is 3. The second-order valence-corrected chi connectivity index (χ2v) is 17.1. The van der Waals surface area contributed by atoms with Crippen molar-refractivity contribution in [3.8, 4) is 28.3 Å². The number of likely N-dealkylation sites (N-methyl/N-ethyl adjacent to an activating group) is 1. The summed E-state index contributed by atoms with van der Waals surface area (Å²) in [5.74, 6) is 1.77. The van der Waals surface area contributed by atoms with Crippen LogP contribution >= 0.6 is 11.6 Å². The summed E-state index contributed by atoms with van der Waals surface area (Å²) in [5.41, 5.74) is 12.2. The van der Waals surface area contributed by atoms with E-state index in [1.807, 2.05) is 50.2 Å². The summed E-state index contributed by atoms with van der Waals surface area (Å²) in [7, 11) is 4.99. The number of fused-ring (bicyclic) bond motifs is 1. The average molecular weight is 858 g/mol. The number of nitrogens with zero attached hydrogens (tertiary/aromatic N) is 3. The van der Waals surface area contributed by atoms with Crippen LogP contribution in [0.25, 0.3) is 22.4 Å². The highest BCUT2D eigenvalue weighted by molar-refractivity contribution is 6.36.